The van der Waals surface area contributed by atoms with E-state index in [0.29, 0.717) is 17.5 Å². The summed E-state index contributed by atoms with van der Waals surface area (Å²) in [6.45, 7) is 6.50. The summed E-state index contributed by atoms with van der Waals surface area (Å²) in [6, 6.07) is 11.6. The fourth-order valence-electron chi connectivity index (χ4n) is 3.11. The van der Waals surface area contributed by atoms with E-state index in [2.05, 4.69) is 22.4 Å². The third-order valence-corrected chi connectivity index (χ3v) is 5.80. The van der Waals surface area contributed by atoms with Gasteiger partial charge in [-0.2, -0.15) is 0 Å². The lowest BCUT2D eigenvalue weighted by Crippen LogP contribution is -2.37. The molecule has 7 nitrogen and oxygen atoms in total. The molecule has 2 aromatic heterocycles. The van der Waals surface area contributed by atoms with Gasteiger partial charge in [-0.05, 0) is 56.7 Å². The summed E-state index contributed by atoms with van der Waals surface area (Å²) in [7, 11) is 1.64. The Morgan fingerprint density at radius 2 is 2.00 bits per heavy atom. The Balaban J connectivity index is 1.84. The molecule has 8 heteroatoms. The van der Waals surface area contributed by atoms with Crippen molar-refractivity contribution in [2.24, 2.45) is 0 Å². The first-order valence-corrected chi connectivity index (χ1v) is 11.0. The van der Waals surface area contributed by atoms with Gasteiger partial charge in [0, 0.05) is 11.6 Å². The van der Waals surface area contributed by atoms with Crippen molar-refractivity contribution in [1.82, 2.24) is 20.1 Å². The van der Waals surface area contributed by atoms with Crippen LogP contribution >= 0.6 is 11.8 Å². The number of thioether (sulfide) groups is 1. The van der Waals surface area contributed by atoms with Crippen molar-refractivity contribution < 1.29 is 13.9 Å². The van der Waals surface area contributed by atoms with Crippen molar-refractivity contribution in [1.29, 1.82) is 0 Å². The number of nitrogens with one attached hydrogen (secondary N) is 1. The van der Waals surface area contributed by atoms with Crippen molar-refractivity contribution in [3.8, 4) is 17.1 Å². The number of amides is 1. The first kappa shape index (κ1) is 22.0. The van der Waals surface area contributed by atoms with Gasteiger partial charge in [-0.25, -0.2) is 0 Å². The van der Waals surface area contributed by atoms with Crippen LogP contribution in [0.2, 0.25) is 0 Å². The van der Waals surface area contributed by atoms with E-state index < -0.39 is 0 Å². The van der Waals surface area contributed by atoms with E-state index in [1.165, 1.54) is 11.8 Å². The van der Waals surface area contributed by atoms with Crippen molar-refractivity contribution in [2.75, 3.05) is 7.11 Å². The average molecular weight is 429 g/mol. The normalized spacial score (nSPS) is 13.1. The number of nitrogens with zero attached hydrogens (tertiary/aromatic N) is 3. The predicted octanol–water partition coefficient (Wildman–Crippen LogP) is 4.38. The van der Waals surface area contributed by atoms with Crippen LogP contribution in [0.3, 0.4) is 0 Å². The standard InChI is InChI=1S/C22H28N4O3S/c1-5-7-15(2)23-21(27)16(3)30-22-25-24-20(17-9-11-18(28-4)12-10-17)26(22)14-19-8-6-13-29-19/h6,8-13,15-16H,5,7,14H2,1-4H3,(H,23,27). The minimum atomic E-state index is -0.299. The maximum atomic E-state index is 12.6. The minimum Gasteiger partial charge on any atom is -0.497 e. The third-order valence-electron chi connectivity index (χ3n) is 4.72. The number of hydrogen-bond donors (Lipinski definition) is 1. The molecule has 0 saturated carbocycles. The Morgan fingerprint density at radius 1 is 1.23 bits per heavy atom. The highest BCUT2D eigenvalue weighted by Gasteiger charge is 2.22. The van der Waals surface area contributed by atoms with Gasteiger partial charge in [0.2, 0.25) is 5.91 Å². The van der Waals surface area contributed by atoms with E-state index in [-0.39, 0.29) is 17.2 Å². The first-order valence-electron chi connectivity index (χ1n) is 10.1. The molecule has 160 valence electrons. The molecule has 0 aliphatic rings. The summed E-state index contributed by atoms with van der Waals surface area (Å²) in [5.74, 6) is 2.28. The number of benzene rings is 1. The number of carbonyl (C=O) groups is 1. The highest BCUT2D eigenvalue weighted by molar-refractivity contribution is 8.00. The van der Waals surface area contributed by atoms with E-state index in [4.69, 9.17) is 9.15 Å². The number of hydrogen-bond acceptors (Lipinski definition) is 6. The molecule has 2 atom stereocenters. The van der Waals surface area contributed by atoms with E-state index in [1.807, 2.05) is 54.8 Å². The monoisotopic (exact) mass is 428 g/mol. The Hall–Kier alpha value is -2.74. The lowest BCUT2D eigenvalue weighted by molar-refractivity contribution is -0.120. The number of aromatic nitrogens is 3. The van der Waals surface area contributed by atoms with Crippen molar-refractivity contribution in [3.63, 3.8) is 0 Å². The van der Waals surface area contributed by atoms with Gasteiger partial charge in [0.15, 0.2) is 11.0 Å². The largest absolute Gasteiger partial charge is 0.497 e. The number of rotatable bonds is 10. The molecular weight excluding hydrogens is 400 g/mol. The Bertz CT molecular complexity index is 938. The van der Waals surface area contributed by atoms with Crippen molar-refractivity contribution >= 4 is 17.7 Å². The number of methoxy groups -OCH3 is 1. The second kappa shape index (κ2) is 10.3. The van der Waals surface area contributed by atoms with Crippen LogP contribution < -0.4 is 10.1 Å². The van der Waals surface area contributed by atoms with Crippen LogP contribution in [0.25, 0.3) is 11.4 Å². The van der Waals surface area contributed by atoms with Crippen LogP contribution in [0.15, 0.2) is 52.2 Å². The minimum absolute atomic E-state index is 0.000467. The van der Waals surface area contributed by atoms with Gasteiger partial charge in [-0.3, -0.25) is 9.36 Å². The molecule has 30 heavy (non-hydrogen) atoms. The van der Waals surface area contributed by atoms with Crippen LogP contribution in [-0.4, -0.2) is 39.1 Å². The fourth-order valence-corrected chi connectivity index (χ4v) is 3.96. The van der Waals surface area contributed by atoms with E-state index in [0.717, 1.165) is 29.9 Å². The number of carbonyl (C=O) groups excluding carboxylic acids is 1. The molecule has 0 spiro atoms. The summed E-state index contributed by atoms with van der Waals surface area (Å²) in [5.41, 5.74) is 0.912. The average Bonchev–Trinajstić information content (AvgIpc) is 3.39. The molecule has 1 N–H and O–H groups in total. The Morgan fingerprint density at radius 3 is 2.63 bits per heavy atom. The lowest BCUT2D eigenvalue weighted by Gasteiger charge is -2.17. The first-order chi connectivity index (χ1) is 14.5. The SMILES string of the molecule is CCCC(C)NC(=O)C(C)Sc1nnc(-c2ccc(OC)cc2)n1Cc1ccco1. The zero-order valence-electron chi connectivity index (χ0n) is 17.8. The van der Waals surface area contributed by atoms with Gasteiger partial charge >= 0.3 is 0 Å². The van der Waals surface area contributed by atoms with Crippen molar-refractivity contribution in [2.45, 2.75) is 56.6 Å². The maximum Gasteiger partial charge on any atom is 0.233 e. The molecule has 1 amide bonds. The lowest BCUT2D eigenvalue weighted by atomic mass is 10.2. The summed E-state index contributed by atoms with van der Waals surface area (Å²) in [4.78, 5) is 12.6. The predicted molar refractivity (Wildman–Crippen MR) is 118 cm³/mol. The zero-order valence-corrected chi connectivity index (χ0v) is 18.6. The van der Waals surface area contributed by atoms with Gasteiger partial charge in [0.25, 0.3) is 0 Å². The van der Waals surface area contributed by atoms with Gasteiger partial charge < -0.3 is 14.5 Å². The van der Waals surface area contributed by atoms with Gasteiger partial charge in [0.1, 0.15) is 11.5 Å². The van der Waals surface area contributed by atoms with Gasteiger partial charge in [-0.1, -0.05) is 25.1 Å². The quantitative estimate of drug-likeness (QED) is 0.483. The van der Waals surface area contributed by atoms with Crippen LogP contribution in [-0.2, 0) is 11.3 Å². The van der Waals surface area contributed by atoms with Gasteiger partial charge in [0.05, 0.1) is 25.2 Å². The highest BCUT2D eigenvalue weighted by atomic mass is 32.2. The van der Waals surface area contributed by atoms with Crippen LogP contribution in [0.1, 0.15) is 39.4 Å². The molecule has 0 fully saturated rings. The molecule has 0 radical (unpaired) electrons. The maximum absolute atomic E-state index is 12.6. The molecule has 1 aromatic carbocycles. The summed E-state index contributed by atoms with van der Waals surface area (Å²) >= 11 is 1.39. The van der Waals surface area contributed by atoms with E-state index >= 15 is 0 Å². The molecule has 2 heterocycles. The van der Waals surface area contributed by atoms with E-state index in [1.54, 1.807) is 13.4 Å². The topological polar surface area (TPSA) is 82.2 Å². The number of ether oxygens (including phenoxy) is 1. The van der Waals surface area contributed by atoms with E-state index in [9.17, 15) is 4.79 Å². The molecule has 0 bridgehead atoms. The van der Waals surface area contributed by atoms with Crippen LogP contribution in [0.5, 0.6) is 5.75 Å². The Kier molecular flexibility index (Phi) is 7.57. The number of furan rings is 1. The molecule has 3 aromatic rings. The fraction of sp³-hybridized carbons (Fsp3) is 0.409. The molecule has 0 aliphatic carbocycles. The molecular formula is C22H28N4O3S. The third kappa shape index (κ3) is 5.44. The molecule has 0 saturated heterocycles. The molecule has 3 rings (SSSR count). The van der Waals surface area contributed by atoms with Crippen LogP contribution in [0.4, 0.5) is 0 Å². The second-order valence-electron chi connectivity index (χ2n) is 7.16. The summed E-state index contributed by atoms with van der Waals surface area (Å²) < 4.78 is 12.8. The summed E-state index contributed by atoms with van der Waals surface area (Å²) in [6.07, 6.45) is 3.63. The summed E-state index contributed by atoms with van der Waals surface area (Å²) in [5, 5.41) is 12.2. The molecule has 0 aliphatic heterocycles. The highest BCUT2D eigenvalue weighted by Crippen LogP contribution is 2.29. The second-order valence-corrected chi connectivity index (χ2v) is 8.47. The molecule has 2 unspecified atom stereocenters. The van der Waals surface area contributed by atoms with Crippen LogP contribution in [0, 0.1) is 0 Å². The van der Waals surface area contributed by atoms with Gasteiger partial charge in [-0.15, -0.1) is 10.2 Å². The zero-order chi connectivity index (χ0) is 21.5. The smallest absolute Gasteiger partial charge is 0.233 e. The van der Waals surface area contributed by atoms with Crippen molar-refractivity contribution in [3.05, 3.63) is 48.4 Å². The Labute approximate surface area is 181 Å².